The van der Waals surface area contributed by atoms with Gasteiger partial charge >= 0.3 is 5.97 Å². The van der Waals surface area contributed by atoms with Crippen LogP contribution in [0.2, 0.25) is 0 Å². The first-order chi connectivity index (χ1) is 16.7. The molecule has 0 radical (unpaired) electrons. The van der Waals surface area contributed by atoms with Gasteiger partial charge in [-0.15, -0.1) is 0 Å². The van der Waals surface area contributed by atoms with Crippen molar-refractivity contribution in [3.63, 3.8) is 0 Å². The minimum Gasteiger partial charge on any atom is -0.493 e. The zero-order chi connectivity index (χ0) is 23.6. The topological polar surface area (TPSA) is 92.9 Å². The number of hydrogen-bond acceptors (Lipinski definition) is 8. The van der Waals surface area contributed by atoms with Crippen LogP contribution < -0.4 is 14.2 Å². The molecule has 4 rings (SSSR count). The number of nitrogens with zero attached hydrogens (tertiary/aromatic N) is 2. The molecule has 0 aliphatic carbocycles. The molecule has 0 saturated carbocycles. The van der Waals surface area contributed by atoms with Crippen LogP contribution in [0.25, 0.3) is 11.4 Å². The monoisotopic (exact) mass is 460 g/mol. The fourth-order valence-corrected chi connectivity index (χ4v) is 3.05. The molecule has 34 heavy (non-hydrogen) atoms. The molecule has 8 nitrogen and oxygen atoms in total. The van der Waals surface area contributed by atoms with Crippen LogP contribution in [0, 0.1) is 0 Å². The lowest BCUT2D eigenvalue weighted by Gasteiger charge is -2.08. The molecule has 0 unspecified atom stereocenters. The van der Waals surface area contributed by atoms with Crippen LogP contribution in [0.4, 0.5) is 0 Å². The molecule has 4 aromatic rings. The van der Waals surface area contributed by atoms with E-state index in [1.165, 1.54) is 0 Å². The summed E-state index contributed by atoms with van der Waals surface area (Å²) in [5.74, 6) is 1.86. The Morgan fingerprint density at radius 2 is 1.53 bits per heavy atom. The van der Waals surface area contributed by atoms with Crippen LogP contribution in [-0.4, -0.2) is 29.3 Å². The minimum atomic E-state index is -0.557. The van der Waals surface area contributed by atoms with Gasteiger partial charge in [0.2, 0.25) is 5.82 Å². The highest BCUT2D eigenvalue weighted by atomic mass is 16.6. The molecule has 0 amide bonds. The summed E-state index contributed by atoms with van der Waals surface area (Å²) in [5.41, 5.74) is 1.78. The average Bonchev–Trinajstić information content (AvgIpc) is 3.36. The molecule has 0 N–H and O–H groups in total. The van der Waals surface area contributed by atoms with Crippen molar-refractivity contribution in [3.8, 4) is 28.6 Å². The molecule has 0 fully saturated rings. The zero-order valence-electron chi connectivity index (χ0n) is 18.7. The number of ether oxygens (including phenoxy) is 4. The summed E-state index contributed by atoms with van der Waals surface area (Å²) in [4.78, 5) is 16.3. The number of hydrogen-bond donors (Lipinski definition) is 0. The highest BCUT2D eigenvalue weighted by Gasteiger charge is 2.15. The standard InChI is InChI=1S/C26H24N2O6/c1-2-30-23-11-7-6-10-22(23)26-27-24(34-28-26)17-33-25(29)18-32-21-14-12-20(13-15-21)31-16-19-8-4-3-5-9-19/h3-15H,2,16-18H2,1H3. The smallest absolute Gasteiger partial charge is 0.344 e. The molecule has 0 aliphatic rings. The molecule has 174 valence electrons. The minimum absolute atomic E-state index is 0.155. The lowest BCUT2D eigenvalue weighted by Crippen LogP contribution is -2.14. The summed E-state index contributed by atoms with van der Waals surface area (Å²) in [6.07, 6.45) is 0. The number of esters is 1. The van der Waals surface area contributed by atoms with Gasteiger partial charge < -0.3 is 23.5 Å². The number of para-hydroxylation sites is 1. The summed E-state index contributed by atoms with van der Waals surface area (Å²) in [6, 6.07) is 24.3. The van der Waals surface area contributed by atoms with E-state index in [1.54, 1.807) is 24.3 Å². The van der Waals surface area contributed by atoms with Gasteiger partial charge in [0.1, 0.15) is 23.9 Å². The predicted octanol–water partition coefficient (Wildman–Crippen LogP) is 4.84. The van der Waals surface area contributed by atoms with Crippen molar-refractivity contribution in [2.45, 2.75) is 20.1 Å². The van der Waals surface area contributed by atoms with E-state index in [0.29, 0.717) is 41.9 Å². The summed E-state index contributed by atoms with van der Waals surface area (Å²) in [5, 5.41) is 3.94. The van der Waals surface area contributed by atoms with E-state index in [2.05, 4.69) is 10.1 Å². The molecule has 1 aromatic heterocycles. The Bertz CT molecular complexity index is 1190. The van der Waals surface area contributed by atoms with Gasteiger partial charge in [-0.3, -0.25) is 0 Å². The number of carbonyl (C=O) groups is 1. The number of aromatic nitrogens is 2. The summed E-state index contributed by atoms with van der Waals surface area (Å²) in [6.45, 7) is 2.48. The quantitative estimate of drug-likeness (QED) is 0.294. The largest absolute Gasteiger partial charge is 0.493 e. The normalized spacial score (nSPS) is 10.5. The fourth-order valence-electron chi connectivity index (χ4n) is 3.05. The van der Waals surface area contributed by atoms with Crippen molar-refractivity contribution in [2.75, 3.05) is 13.2 Å². The van der Waals surface area contributed by atoms with Crippen molar-refractivity contribution < 1.29 is 28.3 Å². The van der Waals surface area contributed by atoms with Crippen molar-refractivity contribution in [1.29, 1.82) is 0 Å². The van der Waals surface area contributed by atoms with Gasteiger partial charge in [0.05, 0.1) is 12.2 Å². The second-order valence-electron chi connectivity index (χ2n) is 7.14. The molecule has 0 atom stereocenters. The van der Waals surface area contributed by atoms with E-state index in [9.17, 15) is 4.79 Å². The van der Waals surface area contributed by atoms with Gasteiger partial charge in [0.25, 0.3) is 5.89 Å². The van der Waals surface area contributed by atoms with Crippen LogP contribution in [0.5, 0.6) is 17.2 Å². The maximum Gasteiger partial charge on any atom is 0.344 e. The van der Waals surface area contributed by atoms with Crippen molar-refractivity contribution in [2.24, 2.45) is 0 Å². The van der Waals surface area contributed by atoms with Gasteiger partial charge in [-0.25, -0.2) is 4.79 Å². The van der Waals surface area contributed by atoms with Crippen molar-refractivity contribution >= 4 is 5.97 Å². The van der Waals surface area contributed by atoms with E-state index in [4.69, 9.17) is 23.5 Å². The number of carbonyl (C=O) groups excluding carboxylic acids is 1. The summed E-state index contributed by atoms with van der Waals surface area (Å²) in [7, 11) is 0. The first kappa shape index (κ1) is 22.8. The van der Waals surface area contributed by atoms with Crippen LogP contribution in [0.1, 0.15) is 18.4 Å². The molecule has 8 heteroatoms. The second-order valence-corrected chi connectivity index (χ2v) is 7.14. The second kappa shape index (κ2) is 11.5. The molecule has 0 bridgehead atoms. The van der Waals surface area contributed by atoms with Gasteiger partial charge in [-0.2, -0.15) is 4.98 Å². The zero-order valence-corrected chi connectivity index (χ0v) is 18.7. The number of rotatable bonds is 11. The molecule has 1 heterocycles. The molecule has 3 aromatic carbocycles. The molecule has 0 saturated heterocycles. The molecular weight excluding hydrogens is 436 g/mol. The summed E-state index contributed by atoms with van der Waals surface area (Å²) < 4.78 is 27.2. The third kappa shape index (κ3) is 6.35. The maximum atomic E-state index is 12.1. The number of benzene rings is 3. The molecular formula is C26H24N2O6. The van der Waals surface area contributed by atoms with Crippen LogP contribution in [0.3, 0.4) is 0 Å². The lowest BCUT2D eigenvalue weighted by atomic mass is 10.2. The van der Waals surface area contributed by atoms with Crippen LogP contribution in [-0.2, 0) is 22.7 Å². The highest BCUT2D eigenvalue weighted by Crippen LogP contribution is 2.27. The Hall–Kier alpha value is -4.33. The van der Waals surface area contributed by atoms with Crippen molar-refractivity contribution in [1.82, 2.24) is 10.1 Å². The predicted molar refractivity (Wildman–Crippen MR) is 123 cm³/mol. The average molecular weight is 460 g/mol. The van der Waals surface area contributed by atoms with Crippen LogP contribution in [0.15, 0.2) is 83.4 Å². The third-order valence-electron chi connectivity index (χ3n) is 4.68. The summed E-state index contributed by atoms with van der Waals surface area (Å²) >= 11 is 0. The third-order valence-corrected chi connectivity index (χ3v) is 4.68. The van der Waals surface area contributed by atoms with Crippen molar-refractivity contribution in [3.05, 3.63) is 90.3 Å². The fraction of sp³-hybridized carbons (Fsp3) is 0.192. The molecule has 0 aliphatic heterocycles. The van der Waals surface area contributed by atoms with E-state index in [1.807, 2.05) is 61.5 Å². The maximum absolute atomic E-state index is 12.1. The Labute approximate surface area is 197 Å². The molecule has 0 spiro atoms. The van der Waals surface area contributed by atoms with E-state index in [0.717, 1.165) is 5.56 Å². The lowest BCUT2D eigenvalue weighted by molar-refractivity contribution is -0.148. The van der Waals surface area contributed by atoms with Gasteiger partial charge in [-0.1, -0.05) is 47.6 Å². The Morgan fingerprint density at radius 1 is 0.824 bits per heavy atom. The Balaban J connectivity index is 1.22. The Kier molecular flexibility index (Phi) is 7.74. The van der Waals surface area contributed by atoms with Gasteiger partial charge in [-0.05, 0) is 48.9 Å². The first-order valence-corrected chi connectivity index (χ1v) is 10.8. The first-order valence-electron chi connectivity index (χ1n) is 10.8. The SMILES string of the molecule is CCOc1ccccc1-c1noc(COC(=O)COc2ccc(OCc3ccccc3)cc2)n1. The van der Waals surface area contributed by atoms with Gasteiger partial charge in [0, 0.05) is 0 Å². The van der Waals surface area contributed by atoms with Gasteiger partial charge in [0.15, 0.2) is 13.2 Å². The van der Waals surface area contributed by atoms with Crippen LogP contribution >= 0.6 is 0 Å². The highest BCUT2D eigenvalue weighted by molar-refractivity contribution is 5.71. The van der Waals surface area contributed by atoms with E-state index >= 15 is 0 Å². The Morgan fingerprint density at radius 3 is 2.29 bits per heavy atom. The van der Waals surface area contributed by atoms with E-state index in [-0.39, 0.29) is 19.1 Å². The van der Waals surface area contributed by atoms with E-state index < -0.39 is 5.97 Å².